The van der Waals surface area contributed by atoms with Crippen LogP contribution >= 0.6 is 0 Å². The fourth-order valence-corrected chi connectivity index (χ4v) is 4.18. The van der Waals surface area contributed by atoms with Gasteiger partial charge in [-0.15, -0.1) is 0 Å². The summed E-state index contributed by atoms with van der Waals surface area (Å²) in [5.74, 6) is -4.85. The largest absolute Gasteiger partial charge is 0.336 e. The second kappa shape index (κ2) is 7.28. The zero-order chi connectivity index (χ0) is 19.8. The van der Waals surface area contributed by atoms with Crippen LogP contribution in [0.5, 0.6) is 0 Å². The molecule has 0 N–H and O–H groups in total. The van der Waals surface area contributed by atoms with E-state index in [-0.39, 0.29) is 26.2 Å². The Morgan fingerprint density at radius 1 is 0.815 bits per heavy atom. The first-order chi connectivity index (χ1) is 12.7. The predicted octanol–water partition coefficient (Wildman–Crippen LogP) is 2.39. The average molecular weight is 402 g/mol. The molecule has 0 aromatic heterocycles. The number of halogens is 4. The Hall–Kier alpha value is -2.46. The second-order valence-electron chi connectivity index (χ2n) is 5.90. The lowest BCUT2D eigenvalue weighted by molar-refractivity contribution is 0.0692. The minimum Gasteiger partial charge on any atom is -0.336 e. The fraction of sp³-hybridized carbons (Fsp3) is 0.235. The number of carbonyl (C=O) groups excluding carboxylic acids is 1. The van der Waals surface area contributed by atoms with Crippen molar-refractivity contribution in [2.75, 3.05) is 26.2 Å². The highest BCUT2D eigenvalue weighted by Crippen LogP contribution is 2.21. The van der Waals surface area contributed by atoms with Crippen LogP contribution in [0.25, 0.3) is 0 Å². The SMILES string of the molecule is O=C(c1cc(F)ccc1F)N1CCN(S(=O)(=O)c2ccc(F)c(F)c2)CC1. The van der Waals surface area contributed by atoms with Gasteiger partial charge in [0.25, 0.3) is 5.91 Å². The number of piperazine rings is 1. The Morgan fingerprint density at radius 3 is 2.07 bits per heavy atom. The van der Waals surface area contributed by atoms with E-state index < -0.39 is 49.7 Å². The van der Waals surface area contributed by atoms with E-state index in [9.17, 15) is 30.8 Å². The quantitative estimate of drug-likeness (QED) is 0.741. The van der Waals surface area contributed by atoms with E-state index in [4.69, 9.17) is 0 Å². The highest BCUT2D eigenvalue weighted by molar-refractivity contribution is 7.89. The molecule has 27 heavy (non-hydrogen) atoms. The van der Waals surface area contributed by atoms with Crippen LogP contribution in [0.4, 0.5) is 17.6 Å². The van der Waals surface area contributed by atoms with E-state index in [0.29, 0.717) is 12.1 Å². The molecule has 144 valence electrons. The van der Waals surface area contributed by atoms with Crippen LogP contribution in [-0.4, -0.2) is 49.7 Å². The molecule has 0 bridgehead atoms. The van der Waals surface area contributed by atoms with Crippen molar-refractivity contribution in [3.8, 4) is 0 Å². The van der Waals surface area contributed by atoms with Crippen molar-refractivity contribution < 1.29 is 30.8 Å². The minimum absolute atomic E-state index is 0.0578. The first kappa shape index (κ1) is 19.3. The molecule has 0 radical (unpaired) electrons. The number of nitrogens with zero attached hydrogens (tertiary/aromatic N) is 2. The van der Waals surface area contributed by atoms with Crippen molar-refractivity contribution >= 4 is 15.9 Å². The Kier molecular flexibility index (Phi) is 5.20. The summed E-state index contributed by atoms with van der Waals surface area (Å²) >= 11 is 0. The van der Waals surface area contributed by atoms with E-state index in [2.05, 4.69) is 0 Å². The molecule has 1 aliphatic heterocycles. The van der Waals surface area contributed by atoms with Crippen molar-refractivity contribution in [2.24, 2.45) is 0 Å². The second-order valence-corrected chi connectivity index (χ2v) is 7.83. The van der Waals surface area contributed by atoms with Gasteiger partial charge in [-0.1, -0.05) is 0 Å². The zero-order valence-electron chi connectivity index (χ0n) is 13.8. The molecule has 1 heterocycles. The molecule has 2 aromatic carbocycles. The van der Waals surface area contributed by atoms with Gasteiger partial charge >= 0.3 is 0 Å². The number of benzene rings is 2. The number of carbonyl (C=O) groups is 1. The third kappa shape index (κ3) is 3.81. The Balaban J connectivity index is 1.73. The Bertz CT molecular complexity index is 990. The molecule has 0 atom stereocenters. The molecule has 0 unspecified atom stereocenters. The third-order valence-corrected chi connectivity index (χ3v) is 6.11. The van der Waals surface area contributed by atoms with Crippen LogP contribution in [0.3, 0.4) is 0 Å². The standard InChI is InChI=1S/C17H14F4N2O3S/c18-11-1-3-14(19)13(9-11)17(24)22-5-7-23(8-6-22)27(25,26)12-2-4-15(20)16(21)10-12/h1-4,9-10H,5-8H2. The van der Waals surface area contributed by atoms with E-state index in [1.165, 1.54) is 4.90 Å². The van der Waals surface area contributed by atoms with Crippen LogP contribution in [0.15, 0.2) is 41.3 Å². The molecule has 1 aliphatic rings. The van der Waals surface area contributed by atoms with Gasteiger partial charge in [-0.3, -0.25) is 4.79 Å². The fourth-order valence-electron chi connectivity index (χ4n) is 2.75. The summed E-state index contributed by atoms with van der Waals surface area (Å²) in [5.41, 5.74) is -0.438. The maximum atomic E-state index is 13.7. The number of amides is 1. The molecule has 1 saturated heterocycles. The summed E-state index contributed by atoms with van der Waals surface area (Å²) in [6.45, 7) is -0.358. The monoisotopic (exact) mass is 402 g/mol. The molecule has 1 fully saturated rings. The summed E-state index contributed by atoms with van der Waals surface area (Å²) in [6, 6.07) is 4.76. The number of hydrogen-bond acceptors (Lipinski definition) is 3. The van der Waals surface area contributed by atoms with E-state index in [1.54, 1.807) is 0 Å². The Morgan fingerprint density at radius 2 is 1.44 bits per heavy atom. The van der Waals surface area contributed by atoms with Gasteiger partial charge in [0.05, 0.1) is 10.5 Å². The van der Waals surface area contributed by atoms with Crippen LogP contribution in [0, 0.1) is 23.3 Å². The first-order valence-corrected chi connectivity index (χ1v) is 9.33. The molecule has 2 aromatic rings. The van der Waals surface area contributed by atoms with Gasteiger partial charge in [-0.05, 0) is 36.4 Å². The highest BCUT2D eigenvalue weighted by Gasteiger charge is 2.31. The maximum Gasteiger partial charge on any atom is 0.257 e. The van der Waals surface area contributed by atoms with Gasteiger partial charge in [-0.2, -0.15) is 4.31 Å². The normalized spacial score (nSPS) is 15.8. The number of rotatable bonds is 3. The summed E-state index contributed by atoms with van der Waals surface area (Å²) in [4.78, 5) is 13.1. The van der Waals surface area contributed by atoms with Crippen LogP contribution in [0.2, 0.25) is 0 Å². The smallest absolute Gasteiger partial charge is 0.257 e. The topological polar surface area (TPSA) is 57.7 Å². The third-order valence-electron chi connectivity index (χ3n) is 4.21. The molecule has 0 spiro atoms. The highest BCUT2D eigenvalue weighted by atomic mass is 32.2. The zero-order valence-corrected chi connectivity index (χ0v) is 14.6. The molecule has 1 amide bonds. The van der Waals surface area contributed by atoms with Crippen LogP contribution < -0.4 is 0 Å². The van der Waals surface area contributed by atoms with Gasteiger partial charge in [0.2, 0.25) is 10.0 Å². The van der Waals surface area contributed by atoms with Crippen LogP contribution in [-0.2, 0) is 10.0 Å². The van der Waals surface area contributed by atoms with E-state index in [0.717, 1.165) is 28.6 Å². The maximum absolute atomic E-state index is 13.7. The molecule has 10 heteroatoms. The van der Waals surface area contributed by atoms with Crippen molar-refractivity contribution in [3.05, 3.63) is 65.2 Å². The van der Waals surface area contributed by atoms with Gasteiger partial charge in [0.1, 0.15) is 11.6 Å². The summed E-state index contributed by atoms with van der Waals surface area (Å²) < 4.78 is 79.4. The minimum atomic E-state index is -4.08. The predicted molar refractivity (Wildman–Crippen MR) is 87.4 cm³/mol. The van der Waals surface area contributed by atoms with Gasteiger partial charge in [0.15, 0.2) is 11.6 Å². The molecular weight excluding hydrogens is 388 g/mol. The van der Waals surface area contributed by atoms with Crippen molar-refractivity contribution in [3.63, 3.8) is 0 Å². The molecule has 0 aliphatic carbocycles. The lowest BCUT2D eigenvalue weighted by Gasteiger charge is -2.34. The van der Waals surface area contributed by atoms with Gasteiger partial charge in [0, 0.05) is 26.2 Å². The lowest BCUT2D eigenvalue weighted by atomic mass is 10.1. The van der Waals surface area contributed by atoms with Crippen LogP contribution in [0.1, 0.15) is 10.4 Å². The van der Waals surface area contributed by atoms with Crippen molar-refractivity contribution in [2.45, 2.75) is 4.90 Å². The summed E-state index contributed by atoms with van der Waals surface area (Å²) in [6.07, 6.45) is 0. The Labute approximate surface area is 152 Å². The van der Waals surface area contributed by atoms with Crippen molar-refractivity contribution in [1.82, 2.24) is 9.21 Å². The van der Waals surface area contributed by atoms with E-state index >= 15 is 0 Å². The average Bonchev–Trinajstić information content (AvgIpc) is 2.65. The van der Waals surface area contributed by atoms with Gasteiger partial charge in [-0.25, -0.2) is 26.0 Å². The lowest BCUT2D eigenvalue weighted by Crippen LogP contribution is -2.50. The molecule has 5 nitrogen and oxygen atoms in total. The number of hydrogen-bond donors (Lipinski definition) is 0. The van der Waals surface area contributed by atoms with Gasteiger partial charge < -0.3 is 4.90 Å². The van der Waals surface area contributed by atoms with Crippen molar-refractivity contribution in [1.29, 1.82) is 0 Å². The first-order valence-electron chi connectivity index (χ1n) is 7.89. The summed E-state index contributed by atoms with van der Waals surface area (Å²) in [5, 5.41) is 0. The van der Waals surface area contributed by atoms with E-state index in [1.807, 2.05) is 0 Å². The summed E-state index contributed by atoms with van der Waals surface area (Å²) in [7, 11) is -4.08. The molecule has 3 rings (SSSR count). The molecule has 0 saturated carbocycles. The number of sulfonamides is 1. The molecular formula is C17H14F4N2O3S.